The smallest absolute Gasteiger partial charge is 0.270 e. The second-order valence-electron chi connectivity index (χ2n) is 11.1. The number of rotatable bonds is 10. The Morgan fingerprint density at radius 2 is 1.94 bits per heavy atom. The second-order valence-corrected chi connectivity index (χ2v) is 11.1. The molecule has 3 heterocycles. The number of amides is 2. The van der Waals surface area contributed by atoms with E-state index in [2.05, 4.69) is 34.7 Å². The van der Waals surface area contributed by atoms with Gasteiger partial charge in [0.1, 0.15) is 5.69 Å². The van der Waals surface area contributed by atoms with Crippen LogP contribution in [0.1, 0.15) is 67.7 Å². The van der Waals surface area contributed by atoms with Gasteiger partial charge in [0.25, 0.3) is 5.91 Å². The van der Waals surface area contributed by atoms with E-state index in [4.69, 9.17) is 9.47 Å². The summed E-state index contributed by atoms with van der Waals surface area (Å²) in [5.74, 6) is 0.572. The highest BCUT2D eigenvalue weighted by Gasteiger charge is 2.36. The molecule has 2 amide bonds. The maximum absolute atomic E-state index is 14.2. The molecule has 2 fully saturated rings. The van der Waals surface area contributed by atoms with Crippen LogP contribution in [-0.2, 0) is 33.7 Å². The molecule has 8 nitrogen and oxygen atoms in total. The summed E-state index contributed by atoms with van der Waals surface area (Å²) in [6.07, 6.45) is 7.21. The van der Waals surface area contributed by atoms with E-state index >= 15 is 0 Å². The number of carbonyl (C=O) groups excluding carboxylic acids is 2. The summed E-state index contributed by atoms with van der Waals surface area (Å²) in [6.45, 7) is 10.6. The number of hydrogen-bond acceptors (Lipinski definition) is 5. The number of aromatic nitrogens is 1. The minimum atomic E-state index is -0.0988. The molecule has 36 heavy (non-hydrogen) atoms. The van der Waals surface area contributed by atoms with E-state index in [9.17, 15) is 9.59 Å². The van der Waals surface area contributed by atoms with Crippen LogP contribution in [-0.4, -0.2) is 91.9 Å². The Labute approximate surface area is 216 Å². The van der Waals surface area contributed by atoms with E-state index in [1.165, 1.54) is 24.1 Å². The molecule has 3 aliphatic rings. The van der Waals surface area contributed by atoms with E-state index in [1.807, 2.05) is 4.90 Å². The number of fused-ring (bicyclic) bond motifs is 1. The molecule has 4 rings (SSSR count). The van der Waals surface area contributed by atoms with Crippen molar-refractivity contribution in [1.82, 2.24) is 19.7 Å². The number of carbonyl (C=O) groups is 2. The highest BCUT2D eigenvalue weighted by Crippen LogP contribution is 2.28. The summed E-state index contributed by atoms with van der Waals surface area (Å²) in [4.78, 5) is 31.5. The van der Waals surface area contributed by atoms with Crippen molar-refractivity contribution < 1.29 is 19.1 Å². The van der Waals surface area contributed by atoms with Crippen LogP contribution in [0, 0.1) is 11.8 Å². The fourth-order valence-electron chi connectivity index (χ4n) is 6.04. The van der Waals surface area contributed by atoms with Crippen molar-refractivity contribution in [2.45, 2.75) is 71.4 Å². The van der Waals surface area contributed by atoms with Gasteiger partial charge in [-0.05, 0) is 62.5 Å². The molecule has 1 N–H and O–H groups in total. The lowest BCUT2D eigenvalue weighted by Gasteiger charge is -2.40. The quantitative estimate of drug-likeness (QED) is 0.498. The summed E-state index contributed by atoms with van der Waals surface area (Å²) in [5.41, 5.74) is 3.54. The molecular weight excluding hydrogens is 456 g/mol. The van der Waals surface area contributed by atoms with Crippen LogP contribution in [0.5, 0.6) is 0 Å². The summed E-state index contributed by atoms with van der Waals surface area (Å²) in [6, 6.07) is 2.19. The summed E-state index contributed by atoms with van der Waals surface area (Å²) in [7, 11) is 1.74. The predicted molar refractivity (Wildman–Crippen MR) is 140 cm³/mol. The molecular formula is C28H46N4O4. The number of aryl methyl sites for hydroxylation is 1. The third kappa shape index (κ3) is 6.50. The third-order valence-corrected chi connectivity index (χ3v) is 7.87. The van der Waals surface area contributed by atoms with Crippen LogP contribution in [0.25, 0.3) is 0 Å². The molecule has 1 aromatic heterocycles. The Bertz CT molecular complexity index is 877. The summed E-state index contributed by atoms with van der Waals surface area (Å²) < 4.78 is 13.0. The minimum absolute atomic E-state index is 0.0116. The van der Waals surface area contributed by atoms with Crippen molar-refractivity contribution in [2.24, 2.45) is 11.8 Å². The molecule has 2 atom stereocenters. The van der Waals surface area contributed by atoms with Crippen LogP contribution in [0.3, 0.4) is 0 Å². The van der Waals surface area contributed by atoms with Gasteiger partial charge in [0.05, 0.1) is 19.1 Å². The molecule has 0 spiro atoms. The van der Waals surface area contributed by atoms with Gasteiger partial charge in [-0.1, -0.05) is 13.8 Å². The van der Waals surface area contributed by atoms with Gasteiger partial charge in [0, 0.05) is 64.7 Å². The molecule has 1 aliphatic carbocycles. The largest absolute Gasteiger partial charge is 0.385 e. The zero-order valence-corrected chi connectivity index (χ0v) is 22.6. The monoisotopic (exact) mass is 502 g/mol. The summed E-state index contributed by atoms with van der Waals surface area (Å²) in [5, 5.41) is 3.48. The Hall–Kier alpha value is -1.90. The first-order valence-electron chi connectivity index (χ1n) is 14.1. The Balaban J connectivity index is 1.54. The van der Waals surface area contributed by atoms with Crippen molar-refractivity contribution in [2.75, 3.05) is 59.7 Å². The van der Waals surface area contributed by atoms with Gasteiger partial charge in [-0.3, -0.25) is 9.59 Å². The number of hydrogen-bond donors (Lipinski definition) is 1. The number of nitrogens with zero attached hydrogens (tertiary/aromatic N) is 3. The molecule has 0 saturated carbocycles. The fraction of sp³-hybridized carbons (Fsp3) is 0.786. The van der Waals surface area contributed by atoms with E-state index in [0.29, 0.717) is 45.3 Å². The minimum Gasteiger partial charge on any atom is -0.385 e. The Morgan fingerprint density at radius 3 is 2.69 bits per heavy atom. The van der Waals surface area contributed by atoms with E-state index in [0.717, 1.165) is 57.5 Å². The molecule has 2 aliphatic heterocycles. The topological polar surface area (TPSA) is 76.0 Å². The van der Waals surface area contributed by atoms with E-state index in [-0.39, 0.29) is 23.8 Å². The first kappa shape index (κ1) is 27.1. The number of ether oxygens (including phenoxy) is 2. The molecule has 1 aromatic rings. The lowest BCUT2D eigenvalue weighted by Crippen LogP contribution is -2.56. The zero-order chi connectivity index (χ0) is 25.5. The molecule has 0 radical (unpaired) electrons. The van der Waals surface area contributed by atoms with Gasteiger partial charge in [0.15, 0.2) is 0 Å². The van der Waals surface area contributed by atoms with Crippen LogP contribution in [0.2, 0.25) is 0 Å². The highest BCUT2D eigenvalue weighted by atomic mass is 16.5. The maximum Gasteiger partial charge on any atom is 0.270 e. The van der Waals surface area contributed by atoms with Crippen molar-refractivity contribution >= 4 is 11.8 Å². The van der Waals surface area contributed by atoms with Crippen LogP contribution >= 0.6 is 0 Å². The van der Waals surface area contributed by atoms with E-state index in [1.54, 1.807) is 7.11 Å². The van der Waals surface area contributed by atoms with E-state index < -0.39 is 0 Å². The van der Waals surface area contributed by atoms with Crippen molar-refractivity contribution in [1.29, 1.82) is 0 Å². The van der Waals surface area contributed by atoms with Crippen LogP contribution in [0.4, 0.5) is 0 Å². The molecule has 0 aromatic carbocycles. The van der Waals surface area contributed by atoms with Crippen molar-refractivity contribution in [3.8, 4) is 0 Å². The average molecular weight is 503 g/mol. The van der Waals surface area contributed by atoms with Gasteiger partial charge in [-0.25, -0.2) is 0 Å². The normalized spacial score (nSPS) is 22.5. The second kappa shape index (κ2) is 13.1. The Kier molecular flexibility index (Phi) is 9.85. The third-order valence-electron chi connectivity index (χ3n) is 7.87. The lowest BCUT2D eigenvalue weighted by molar-refractivity contribution is -0.140. The maximum atomic E-state index is 14.2. The number of morpholine rings is 1. The fourth-order valence-corrected chi connectivity index (χ4v) is 6.04. The summed E-state index contributed by atoms with van der Waals surface area (Å²) >= 11 is 0. The van der Waals surface area contributed by atoms with Crippen LogP contribution < -0.4 is 5.32 Å². The number of nitrogens with one attached hydrogen (secondary N) is 1. The van der Waals surface area contributed by atoms with Gasteiger partial charge >= 0.3 is 0 Å². The van der Waals surface area contributed by atoms with Gasteiger partial charge in [-0.15, -0.1) is 0 Å². The zero-order valence-electron chi connectivity index (χ0n) is 22.6. The molecule has 0 unspecified atom stereocenters. The highest BCUT2D eigenvalue weighted by molar-refractivity contribution is 5.93. The van der Waals surface area contributed by atoms with Gasteiger partial charge in [0.2, 0.25) is 5.91 Å². The van der Waals surface area contributed by atoms with Crippen molar-refractivity contribution in [3.05, 3.63) is 23.0 Å². The SMILES string of the molecule is COCCCCn1c(C(=O)N(CC(C)C)[C@@H]2CNC[C@H](C(=O)N3CCOCC3)C2)cc2c1CCCC2. The van der Waals surface area contributed by atoms with Crippen LogP contribution in [0.15, 0.2) is 6.07 Å². The average Bonchev–Trinajstić information content (AvgIpc) is 3.28. The standard InChI is InChI=1S/C28H46N4O4/c1-21(2)20-32(24-16-23(18-29-19-24)27(33)30-11-14-36-15-12-30)28(34)26-17-22-8-4-5-9-25(22)31(26)10-6-7-13-35-3/h17,21,23-24,29H,4-16,18-20H2,1-3H3/t23-,24+/m1/s1. The molecule has 2 saturated heterocycles. The number of piperidine rings is 1. The van der Waals surface area contributed by atoms with Gasteiger partial charge in [-0.2, -0.15) is 0 Å². The van der Waals surface area contributed by atoms with Crippen molar-refractivity contribution in [3.63, 3.8) is 0 Å². The molecule has 202 valence electrons. The Morgan fingerprint density at radius 1 is 1.17 bits per heavy atom. The van der Waals surface area contributed by atoms with Gasteiger partial charge < -0.3 is 29.2 Å². The lowest BCUT2D eigenvalue weighted by atomic mass is 9.92. The first-order valence-corrected chi connectivity index (χ1v) is 14.1. The molecule has 8 heteroatoms. The number of unbranched alkanes of at least 4 members (excludes halogenated alkanes) is 1. The molecule has 0 bridgehead atoms. The predicted octanol–water partition coefficient (Wildman–Crippen LogP) is 2.73. The number of methoxy groups -OCH3 is 1. The first-order chi connectivity index (χ1) is 17.5.